The molecule has 1 aromatic carbocycles. The first-order valence-corrected chi connectivity index (χ1v) is 11.9. The van der Waals surface area contributed by atoms with Gasteiger partial charge in [-0.05, 0) is 56.4 Å². The van der Waals surface area contributed by atoms with Crippen LogP contribution in [0.15, 0.2) is 24.3 Å². The van der Waals surface area contributed by atoms with Crippen molar-refractivity contribution in [1.29, 1.82) is 0 Å². The summed E-state index contributed by atoms with van der Waals surface area (Å²) >= 11 is 0. The van der Waals surface area contributed by atoms with Crippen molar-refractivity contribution in [2.75, 3.05) is 32.7 Å². The van der Waals surface area contributed by atoms with Crippen LogP contribution in [-0.2, 0) is 16.0 Å². The van der Waals surface area contributed by atoms with Crippen molar-refractivity contribution in [3.05, 3.63) is 35.4 Å². The molecule has 4 heterocycles. The van der Waals surface area contributed by atoms with Gasteiger partial charge < -0.3 is 9.80 Å². The second-order valence-electron chi connectivity index (χ2n) is 10.1. The van der Waals surface area contributed by atoms with E-state index in [9.17, 15) is 9.59 Å². The van der Waals surface area contributed by atoms with E-state index in [4.69, 9.17) is 0 Å². The van der Waals surface area contributed by atoms with Crippen LogP contribution in [0.3, 0.4) is 0 Å². The molecule has 2 bridgehead atoms. The summed E-state index contributed by atoms with van der Waals surface area (Å²) in [4.78, 5) is 32.2. The zero-order valence-electron chi connectivity index (χ0n) is 18.3. The maximum absolute atomic E-state index is 12.8. The van der Waals surface area contributed by atoms with Crippen molar-refractivity contribution >= 4 is 11.8 Å². The van der Waals surface area contributed by atoms with E-state index < -0.39 is 0 Å². The quantitative estimate of drug-likeness (QED) is 0.771. The van der Waals surface area contributed by atoms with Gasteiger partial charge in [0.2, 0.25) is 11.8 Å². The van der Waals surface area contributed by atoms with Gasteiger partial charge in [-0.15, -0.1) is 0 Å². The normalized spacial score (nSPS) is 30.3. The Bertz CT molecular complexity index is 801. The lowest BCUT2D eigenvalue weighted by Crippen LogP contribution is -2.62. The highest BCUT2D eigenvalue weighted by Gasteiger charge is 2.45. The Morgan fingerprint density at radius 3 is 2.73 bits per heavy atom. The second-order valence-corrected chi connectivity index (χ2v) is 10.1. The van der Waals surface area contributed by atoms with Crippen LogP contribution in [0.25, 0.3) is 0 Å². The molecule has 1 aromatic rings. The first kappa shape index (κ1) is 20.0. The summed E-state index contributed by atoms with van der Waals surface area (Å²) in [5.41, 5.74) is 2.34. The fraction of sp³-hybridized carbons (Fsp3) is 0.680. The van der Waals surface area contributed by atoms with Crippen LogP contribution in [0, 0.1) is 18.8 Å². The first-order valence-electron chi connectivity index (χ1n) is 11.9. The van der Waals surface area contributed by atoms with Crippen molar-refractivity contribution in [2.45, 2.75) is 64.0 Å². The molecule has 0 aromatic heterocycles. The van der Waals surface area contributed by atoms with Gasteiger partial charge in [0.15, 0.2) is 0 Å². The van der Waals surface area contributed by atoms with Crippen LogP contribution in [0.5, 0.6) is 0 Å². The van der Waals surface area contributed by atoms with Gasteiger partial charge in [0.1, 0.15) is 0 Å². The maximum atomic E-state index is 12.8. The van der Waals surface area contributed by atoms with Gasteiger partial charge in [0.05, 0.1) is 6.42 Å². The van der Waals surface area contributed by atoms with E-state index in [2.05, 4.69) is 39.8 Å². The molecule has 0 N–H and O–H groups in total. The molecular formula is C25H35N3O2. The minimum atomic E-state index is 0.269. The van der Waals surface area contributed by atoms with Gasteiger partial charge in [-0.3, -0.25) is 14.5 Å². The Balaban J connectivity index is 1.15. The highest BCUT2D eigenvalue weighted by Crippen LogP contribution is 2.39. The van der Waals surface area contributed by atoms with Crippen LogP contribution in [0.4, 0.5) is 0 Å². The van der Waals surface area contributed by atoms with Gasteiger partial charge in [-0.25, -0.2) is 0 Å². The number of aryl methyl sites for hydroxylation is 1. The van der Waals surface area contributed by atoms with E-state index in [0.29, 0.717) is 36.2 Å². The van der Waals surface area contributed by atoms with Gasteiger partial charge in [-0.1, -0.05) is 29.8 Å². The van der Waals surface area contributed by atoms with Crippen molar-refractivity contribution in [3.8, 4) is 0 Å². The lowest BCUT2D eigenvalue weighted by molar-refractivity contribution is -0.146. The van der Waals surface area contributed by atoms with Gasteiger partial charge in [0.25, 0.3) is 0 Å². The largest absolute Gasteiger partial charge is 0.342 e. The van der Waals surface area contributed by atoms with E-state index >= 15 is 0 Å². The third kappa shape index (κ3) is 4.01. The number of nitrogens with zero attached hydrogens (tertiary/aromatic N) is 3. The van der Waals surface area contributed by atoms with Crippen molar-refractivity contribution in [2.24, 2.45) is 11.8 Å². The van der Waals surface area contributed by atoms with E-state index in [0.717, 1.165) is 64.0 Å². The Morgan fingerprint density at radius 1 is 1.10 bits per heavy atom. The smallest absolute Gasteiger partial charge is 0.226 e. The fourth-order valence-corrected chi connectivity index (χ4v) is 6.54. The van der Waals surface area contributed by atoms with E-state index in [1.807, 2.05) is 6.07 Å². The molecule has 4 aliphatic rings. The van der Waals surface area contributed by atoms with Crippen molar-refractivity contribution in [3.63, 3.8) is 0 Å². The minimum Gasteiger partial charge on any atom is -0.342 e. The number of carbonyl (C=O) groups is 2. The van der Waals surface area contributed by atoms with Crippen molar-refractivity contribution < 1.29 is 9.59 Å². The standard InChI is InChI=1S/C25H35N3O2/c1-18-4-2-5-19(12-18)14-25(30)26-10-8-22(9-11-26)27-15-20-13-21(17-27)23-6-3-7-24(29)28(23)16-20/h2,4-5,12,20-23H,3,6-11,13-17H2,1H3/t20?,21?,23-/m1/s1. The number of hydrogen-bond acceptors (Lipinski definition) is 3. The molecule has 2 amide bonds. The molecule has 5 heteroatoms. The lowest BCUT2D eigenvalue weighted by atomic mass is 9.75. The number of benzene rings is 1. The highest BCUT2D eigenvalue weighted by molar-refractivity contribution is 5.79. The predicted octanol–water partition coefficient (Wildman–Crippen LogP) is 2.86. The first-order chi connectivity index (χ1) is 14.6. The molecule has 5 nitrogen and oxygen atoms in total. The van der Waals surface area contributed by atoms with Crippen LogP contribution in [-0.4, -0.2) is 71.3 Å². The number of amides is 2. The van der Waals surface area contributed by atoms with E-state index in [-0.39, 0.29) is 5.91 Å². The lowest BCUT2D eigenvalue weighted by Gasteiger charge is -2.54. The molecule has 162 valence electrons. The third-order valence-electron chi connectivity index (χ3n) is 7.98. The Kier molecular flexibility index (Phi) is 5.57. The van der Waals surface area contributed by atoms with Crippen LogP contribution < -0.4 is 0 Å². The summed E-state index contributed by atoms with van der Waals surface area (Å²) in [6.07, 6.45) is 7.03. The van der Waals surface area contributed by atoms with E-state index in [1.165, 1.54) is 18.4 Å². The molecule has 0 aliphatic carbocycles. The number of rotatable bonds is 3. The summed E-state index contributed by atoms with van der Waals surface area (Å²) in [6, 6.07) is 9.39. The topological polar surface area (TPSA) is 43.9 Å². The van der Waals surface area contributed by atoms with Crippen LogP contribution in [0.1, 0.15) is 49.7 Å². The molecule has 4 saturated heterocycles. The van der Waals surface area contributed by atoms with Crippen molar-refractivity contribution in [1.82, 2.24) is 14.7 Å². The molecule has 0 spiro atoms. The summed E-state index contributed by atoms with van der Waals surface area (Å²) in [7, 11) is 0. The SMILES string of the molecule is Cc1cccc(CC(=O)N2CCC(N3CC4CC(C3)[C@H]3CCCC(=O)N3C4)CC2)c1. The molecule has 30 heavy (non-hydrogen) atoms. The number of carbonyl (C=O) groups excluding carboxylic acids is 2. The van der Waals surface area contributed by atoms with Gasteiger partial charge in [-0.2, -0.15) is 0 Å². The fourth-order valence-electron chi connectivity index (χ4n) is 6.54. The Morgan fingerprint density at radius 2 is 1.93 bits per heavy atom. The van der Waals surface area contributed by atoms with E-state index in [1.54, 1.807) is 0 Å². The monoisotopic (exact) mass is 409 g/mol. The Labute approximate surface area is 180 Å². The summed E-state index contributed by atoms with van der Waals surface area (Å²) in [6.45, 7) is 7.10. The number of hydrogen-bond donors (Lipinski definition) is 0. The van der Waals surface area contributed by atoms with Gasteiger partial charge >= 0.3 is 0 Å². The zero-order valence-corrected chi connectivity index (χ0v) is 18.3. The second kappa shape index (κ2) is 8.33. The minimum absolute atomic E-state index is 0.269. The van der Waals surface area contributed by atoms with Gasteiger partial charge in [0, 0.05) is 51.2 Å². The number of fused-ring (bicyclic) bond motifs is 4. The average molecular weight is 410 g/mol. The zero-order chi connectivity index (χ0) is 20.7. The molecule has 5 rings (SSSR count). The highest BCUT2D eigenvalue weighted by atomic mass is 16.2. The number of piperidine rings is 4. The summed E-state index contributed by atoms with van der Waals surface area (Å²) in [5, 5.41) is 0. The van der Waals surface area contributed by atoms with Crippen LogP contribution in [0.2, 0.25) is 0 Å². The number of likely N-dealkylation sites (tertiary alicyclic amines) is 2. The molecule has 4 aliphatic heterocycles. The molecular weight excluding hydrogens is 374 g/mol. The predicted molar refractivity (Wildman–Crippen MR) is 117 cm³/mol. The third-order valence-corrected chi connectivity index (χ3v) is 7.98. The molecule has 2 unspecified atom stereocenters. The summed E-state index contributed by atoms with van der Waals surface area (Å²) < 4.78 is 0. The summed E-state index contributed by atoms with van der Waals surface area (Å²) in [5.74, 6) is 1.96. The van der Waals surface area contributed by atoms with Crippen LogP contribution >= 0.6 is 0 Å². The molecule has 0 saturated carbocycles. The molecule has 0 radical (unpaired) electrons. The average Bonchev–Trinajstić information content (AvgIpc) is 2.74. The Hall–Kier alpha value is -1.88. The molecule has 4 fully saturated rings. The maximum Gasteiger partial charge on any atom is 0.226 e. The molecule has 3 atom stereocenters.